The van der Waals surface area contributed by atoms with Crippen LogP contribution in [-0.4, -0.2) is 28.0 Å². The van der Waals surface area contributed by atoms with Gasteiger partial charge in [-0.1, -0.05) is 0 Å². The summed E-state index contributed by atoms with van der Waals surface area (Å²) in [7, 11) is 1.29. The molecule has 2 aromatic heterocycles. The number of esters is 1. The standard InChI is InChI=1S/C8H8N4O2/c1-14-8(13)6-5(9)4-2-10-3-11-7(4)12-6/h2-3H,9H2,1H3,(H,10,11,12). The van der Waals surface area contributed by atoms with Crippen LogP contribution in [0.25, 0.3) is 11.0 Å². The van der Waals surface area contributed by atoms with E-state index in [-0.39, 0.29) is 5.69 Å². The minimum absolute atomic E-state index is 0.211. The smallest absolute Gasteiger partial charge is 0.356 e. The van der Waals surface area contributed by atoms with Crippen molar-refractivity contribution < 1.29 is 9.53 Å². The second-order valence-electron chi connectivity index (χ2n) is 2.69. The highest BCUT2D eigenvalue weighted by atomic mass is 16.5. The number of methoxy groups -OCH3 is 1. The molecule has 0 spiro atoms. The molecule has 0 aliphatic heterocycles. The Bertz CT molecular complexity index is 491. The van der Waals surface area contributed by atoms with Crippen LogP contribution in [0, 0.1) is 0 Å². The number of hydrogen-bond donors (Lipinski definition) is 2. The molecule has 0 radical (unpaired) electrons. The maximum absolute atomic E-state index is 11.2. The minimum Gasteiger partial charge on any atom is -0.464 e. The Labute approximate surface area is 79.1 Å². The van der Waals surface area contributed by atoms with Gasteiger partial charge >= 0.3 is 5.97 Å². The van der Waals surface area contributed by atoms with E-state index in [1.807, 2.05) is 0 Å². The number of ether oxygens (including phenoxy) is 1. The topological polar surface area (TPSA) is 93.9 Å². The highest BCUT2D eigenvalue weighted by Gasteiger charge is 2.16. The van der Waals surface area contributed by atoms with Gasteiger partial charge in [0.15, 0.2) is 5.69 Å². The van der Waals surface area contributed by atoms with Crippen LogP contribution in [0.15, 0.2) is 12.5 Å². The highest BCUT2D eigenvalue weighted by molar-refractivity contribution is 6.03. The van der Waals surface area contributed by atoms with E-state index in [1.54, 1.807) is 6.20 Å². The van der Waals surface area contributed by atoms with Crippen LogP contribution in [0.2, 0.25) is 0 Å². The molecule has 0 saturated heterocycles. The van der Waals surface area contributed by atoms with Gasteiger partial charge in [0.2, 0.25) is 0 Å². The average molecular weight is 192 g/mol. The van der Waals surface area contributed by atoms with E-state index in [0.717, 1.165) is 0 Å². The fraction of sp³-hybridized carbons (Fsp3) is 0.125. The van der Waals surface area contributed by atoms with Crippen LogP contribution in [0.5, 0.6) is 0 Å². The Morgan fingerprint density at radius 3 is 3.07 bits per heavy atom. The van der Waals surface area contributed by atoms with Crippen LogP contribution in [0.4, 0.5) is 5.69 Å². The molecule has 2 rings (SSSR count). The van der Waals surface area contributed by atoms with E-state index < -0.39 is 5.97 Å². The van der Waals surface area contributed by atoms with E-state index in [1.165, 1.54) is 13.4 Å². The first-order valence-corrected chi connectivity index (χ1v) is 3.89. The number of carbonyl (C=O) groups excluding carboxylic acids is 1. The van der Waals surface area contributed by atoms with E-state index >= 15 is 0 Å². The van der Waals surface area contributed by atoms with Crippen molar-refractivity contribution in [2.75, 3.05) is 12.8 Å². The Morgan fingerprint density at radius 1 is 1.64 bits per heavy atom. The second kappa shape index (κ2) is 2.99. The fourth-order valence-corrected chi connectivity index (χ4v) is 1.21. The van der Waals surface area contributed by atoms with Crippen molar-refractivity contribution in [3.05, 3.63) is 18.2 Å². The number of nitrogen functional groups attached to an aromatic ring is 1. The third kappa shape index (κ3) is 1.08. The lowest BCUT2D eigenvalue weighted by atomic mass is 10.3. The summed E-state index contributed by atoms with van der Waals surface area (Å²) in [6.07, 6.45) is 2.92. The van der Waals surface area contributed by atoms with E-state index in [4.69, 9.17) is 5.73 Å². The third-order valence-electron chi connectivity index (χ3n) is 1.90. The third-order valence-corrected chi connectivity index (χ3v) is 1.90. The van der Waals surface area contributed by atoms with Crippen LogP contribution in [0.1, 0.15) is 10.5 Å². The van der Waals surface area contributed by atoms with E-state index in [9.17, 15) is 4.79 Å². The lowest BCUT2D eigenvalue weighted by Gasteiger charge is -1.95. The second-order valence-corrected chi connectivity index (χ2v) is 2.69. The lowest BCUT2D eigenvalue weighted by molar-refractivity contribution is 0.0596. The molecule has 0 unspecified atom stereocenters. The maximum Gasteiger partial charge on any atom is 0.356 e. The van der Waals surface area contributed by atoms with Gasteiger partial charge in [-0.05, 0) is 0 Å². The van der Waals surface area contributed by atoms with Gasteiger partial charge in [0, 0.05) is 6.20 Å². The Kier molecular flexibility index (Phi) is 1.81. The number of nitrogens with one attached hydrogen (secondary N) is 1. The predicted molar refractivity (Wildman–Crippen MR) is 49.6 cm³/mol. The Hall–Kier alpha value is -2.11. The monoisotopic (exact) mass is 192 g/mol. The van der Waals surface area contributed by atoms with E-state index in [2.05, 4.69) is 19.7 Å². The van der Waals surface area contributed by atoms with Crippen molar-refractivity contribution in [3.63, 3.8) is 0 Å². The molecule has 0 fully saturated rings. The molecule has 72 valence electrons. The molecule has 0 atom stereocenters. The zero-order valence-electron chi connectivity index (χ0n) is 7.44. The summed E-state index contributed by atoms with van der Waals surface area (Å²) in [6, 6.07) is 0. The Balaban J connectivity index is 2.68. The summed E-state index contributed by atoms with van der Waals surface area (Å²) in [5.41, 5.74) is 6.75. The lowest BCUT2D eigenvalue weighted by Crippen LogP contribution is -2.04. The van der Waals surface area contributed by atoms with E-state index in [0.29, 0.717) is 16.7 Å². The number of nitrogens with two attached hydrogens (primary N) is 1. The first-order chi connectivity index (χ1) is 6.74. The van der Waals surface area contributed by atoms with Crippen LogP contribution in [0.3, 0.4) is 0 Å². The summed E-state index contributed by atoms with van der Waals surface area (Å²) >= 11 is 0. The summed E-state index contributed by atoms with van der Waals surface area (Å²) in [5.74, 6) is -0.513. The summed E-state index contributed by atoms with van der Waals surface area (Å²) in [5, 5.41) is 0.618. The molecular formula is C8H8N4O2. The molecule has 6 nitrogen and oxygen atoms in total. The number of carbonyl (C=O) groups is 1. The molecule has 2 aromatic rings. The average Bonchev–Trinajstić information content (AvgIpc) is 2.56. The van der Waals surface area contributed by atoms with Gasteiger partial charge in [-0.25, -0.2) is 14.8 Å². The van der Waals surface area contributed by atoms with Gasteiger partial charge in [-0.15, -0.1) is 0 Å². The zero-order valence-corrected chi connectivity index (χ0v) is 7.44. The normalized spacial score (nSPS) is 10.4. The molecule has 0 saturated carbocycles. The van der Waals surface area contributed by atoms with Crippen molar-refractivity contribution in [1.82, 2.24) is 15.0 Å². The largest absolute Gasteiger partial charge is 0.464 e. The zero-order chi connectivity index (χ0) is 10.1. The van der Waals surface area contributed by atoms with Gasteiger partial charge < -0.3 is 15.5 Å². The molecule has 14 heavy (non-hydrogen) atoms. The molecule has 6 heteroatoms. The first kappa shape index (κ1) is 8.49. The van der Waals surface area contributed by atoms with Crippen LogP contribution in [-0.2, 0) is 4.74 Å². The number of aromatic nitrogens is 3. The summed E-state index contributed by atoms with van der Waals surface area (Å²) in [6.45, 7) is 0. The van der Waals surface area contributed by atoms with Gasteiger partial charge in [0.1, 0.15) is 12.0 Å². The van der Waals surface area contributed by atoms with Gasteiger partial charge in [0.25, 0.3) is 0 Å². The molecular weight excluding hydrogens is 184 g/mol. The molecule has 3 N–H and O–H groups in total. The maximum atomic E-state index is 11.2. The molecule has 0 aromatic carbocycles. The predicted octanol–water partition coefficient (Wildman–Crippen LogP) is 0.327. The van der Waals surface area contributed by atoms with Crippen molar-refractivity contribution in [2.45, 2.75) is 0 Å². The number of hydrogen-bond acceptors (Lipinski definition) is 5. The van der Waals surface area contributed by atoms with Gasteiger partial charge in [-0.2, -0.15) is 0 Å². The quantitative estimate of drug-likeness (QED) is 0.635. The number of nitrogens with zero attached hydrogens (tertiary/aromatic N) is 2. The van der Waals surface area contributed by atoms with Crippen molar-refractivity contribution in [2.24, 2.45) is 0 Å². The molecule has 2 heterocycles. The molecule has 0 aliphatic carbocycles. The van der Waals surface area contributed by atoms with Crippen molar-refractivity contribution >= 4 is 22.7 Å². The number of rotatable bonds is 1. The van der Waals surface area contributed by atoms with Crippen LogP contribution >= 0.6 is 0 Å². The van der Waals surface area contributed by atoms with Crippen molar-refractivity contribution in [3.8, 4) is 0 Å². The number of H-pyrrole nitrogens is 1. The van der Waals surface area contributed by atoms with Crippen molar-refractivity contribution in [1.29, 1.82) is 0 Å². The highest BCUT2D eigenvalue weighted by Crippen LogP contribution is 2.22. The molecule has 0 aliphatic rings. The summed E-state index contributed by atoms with van der Waals surface area (Å²) < 4.78 is 4.55. The Morgan fingerprint density at radius 2 is 2.43 bits per heavy atom. The van der Waals surface area contributed by atoms with Crippen LogP contribution < -0.4 is 5.73 Å². The minimum atomic E-state index is -0.513. The molecule has 0 bridgehead atoms. The fourth-order valence-electron chi connectivity index (χ4n) is 1.21. The number of aromatic amines is 1. The molecule has 0 amide bonds. The summed E-state index contributed by atoms with van der Waals surface area (Å²) in [4.78, 5) is 21.7. The number of fused-ring (bicyclic) bond motifs is 1. The van der Waals surface area contributed by atoms with Gasteiger partial charge in [-0.3, -0.25) is 0 Å². The first-order valence-electron chi connectivity index (χ1n) is 3.89. The van der Waals surface area contributed by atoms with Gasteiger partial charge in [0.05, 0.1) is 18.2 Å². The SMILES string of the molecule is COC(=O)c1[nH]c2ncncc2c1N. The number of anilines is 1.